The Hall–Kier alpha value is -1.46. The second-order valence-corrected chi connectivity index (χ2v) is 7.73. The van der Waals surface area contributed by atoms with Crippen molar-refractivity contribution in [2.75, 3.05) is 32.8 Å². The van der Waals surface area contributed by atoms with Gasteiger partial charge in [0.1, 0.15) is 5.82 Å². The van der Waals surface area contributed by atoms with Crippen molar-refractivity contribution in [2.24, 2.45) is 5.92 Å². The number of morpholine rings is 1. The van der Waals surface area contributed by atoms with E-state index in [1.165, 1.54) is 12.1 Å². The molecule has 4 nitrogen and oxygen atoms in total. The van der Waals surface area contributed by atoms with Gasteiger partial charge in [-0.15, -0.1) is 0 Å². The number of piperidine rings is 1. The van der Waals surface area contributed by atoms with Crippen LogP contribution in [0.2, 0.25) is 0 Å². The summed E-state index contributed by atoms with van der Waals surface area (Å²) in [6.45, 7) is 6.70. The first-order valence-corrected chi connectivity index (χ1v) is 9.51. The van der Waals surface area contributed by atoms with Gasteiger partial charge in [-0.05, 0) is 49.8 Å². The maximum absolute atomic E-state index is 13.0. The van der Waals surface area contributed by atoms with Crippen LogP contribution in [0.4, 0.5) is 4.39 Å². The molecule has 2 heterocycles. The summed E-state index contributed by atoms with van der Waals surface area (Å²) < 4.78 is 18.7. The van der Waals surface area contributed by atoms with Crippen molar-refractivity contribution in [1.82, 2.24) is 9.80 Å². The van der Waals surface area contributed by atoms with Gasteiger partial charge in [0.2, 0.25) is 5.91 Å². The van der Waals surface area contributed by atoms with Crippen molar-refractivity contribution in [3.63, 3.8) is 0 Å². The molecule has 25 heavy (non-hydrogen) atoms. The van der Waals surface area contributed by atoms with Crippen molar-refractivity contribution in [3.8, 4) is 0 Å². The summed E-state index contributed by atoms with van der Waals surface area (Å²) in [5.74, 6) is 0.464. The number of halogens is 1. The highest BCUT2D eigenvalue weighted by molar-refractivity contribution is 5.83. The standard InChI is InChI=1S/C20H27FN2O2/c1-14-13-23(10-11-25-14)17-6-8-22(9-7-17)20(24)19-12-18(19)15-2-4-16(21)5-3-15/h2-5,14,17-19H,6-13H2,1H3/t14-,18+,19+/m1/s1. The van der Waals surface area contributed by atoms with Gasteiger partial charge in [-0.3, -0.25) is 9.69 Å². The van der Waals surface area contributed by atoms with Crippen molar-refractivity contribution in [1.29, 1.82) is 0 Å². The normalized spacial score (nSPS) is 31.1. The van der Waals surface area contributed by atoms with Crippen molar-refractivity contribution < 1.29 is 13.9 Å². The molecule has 0 bridgehead atoms. The second kappa shape index (κ2) is 7.04. The van der Waals surface area contributed by atoms with Crippen LogP contribution < -0.4 is 0 Å². The Morgan fingerprint density at radius 1 is 1.16 bits per heavy atom. The Balaban J connectivity index is 1.28. The topological polar surface area (TPSA) is 32.8 Å². The zero-order valence-electron chi connectivity index (χ0n) is 14.9. The molecule has 3 atom stereocenters. The number of benzene rings is 1. The molecule has 136 valence electrons. The van der Waals surface area contributed by atoms with Crippen LogP contribution in [0.1, 0.15) is 37.7 Å². The molecule has 1 saturated carbocycles. The minimum Gasteiger partial charge on any atom is -0.376 e. The van der Waals surface area contributed by atoms with Crippen molar-refractivity contribution in [3.05, 3.63) is 35.6 Å². The summed E-state index contributed by atoms with van der Waals surface area (Å²) >= 11 is 0. The summed E-state index contributed by atoms with van der Waals surface area (Å²) in [6.07, 6.45) is 3.35. The average Bonchev–Trinajstić information content (AvgIpc) is 3.43. The van der Waals surface area contributed by atoms with Crippen LogP contribution >= 0.6 is 0 Å². The molecule has 0 aromatic heterocycles. The van der Waals surface area contributed by atoms with Gasteiger partial charge in [-0.25, -0.2) is 4.39 Å². The maximum Gasteiger partial charge on any atom is 0.226 e. The Bertz CT molecular complexity index is 613. The Labute approximate surface area is 148 Å². The quantitative estimate of drug-likeness (QED) is 0.843. The maximum atomic E-state index is 13.0. The molecule has 1 aromatic carbocycles. The summed E-state index contributed by atoms with van der Waals surface area (Å²) in [7, 11) is 0. The van der Waals surface area contributed by atoms with Crippen molar-refractivity contribution >= 4 is 5.91 Å². The zero-order valence-corrected chi connectivity index (χ0v) is 14.9. The molecular formula is C20H27FN2O2. The monoisotopic (exact) mass is 346 g/mol. The van der Waals surface area contributed by atoms with E-state index >= 15 is 0 Å². The van der Waals surface area contributed by atoms with Gasteiger partial charge >= 0.3 is 0 Å². The highest BCUT2D eigenvalue weighted by atomic mass is 19.1. The molecule has 0 spiro atoms. The van der Waals surface area contributed by atoms with E-state index in [-0.39, 0.29) is 17.7 Å². The molecule has 3 aliphatic rings. The Morgan fingerprint density at radius 3 is 2.56 bits per heavy atom. The number of hydrogen-bond donors (Lipinski definition) is 0. The largest absolute Gasteiger partial charge is 0.376 e. The van der Waals surface area contributed by atoms with E-state index in [4.69, 9.17) is 4.74 Å². The molecule has 0 N–H and O–H groups in total. The van der Waals surface area contributed by atoms with E-state index in [0.29, 0.717) is 18.1 Å². The molecule has 2 aliphatic heterocycles. The van der Waals surface area contributed by atoms with Crippen LogP contribution in [-0.2, 0) is 9.53 Å². The number of carbonyl (C=O) groups excluding carboxylic acids is 1. The first kappa shape index (κ1) is 17.0. The molecule has 0 unspecified atom stereocenters. The van der Waals surface area contributed by atoms with E-state index in [0.717, 1.165) is 57.6 Å². The van der Waals surface area contributed by atoms with Crippen LogP contribution in [0.25, 0.3) is 0 Å². The number of likely N-dealkylation sites (tertiary alicyclic amines) is 1. The number of carbonyl (C=O) groups is 1. The summed E-state index contributed by atoms with van der Waals surface area (Å²) in [6, 6.07) is 7.20. The lowest BCUT2D eigenvalue weighted by Crippen LogP contribution is -2.52. The SMILES string of the molecule is C[C@@H]1CN(C2CCN(C(=O)[C@H]3C[C@H]3c3ccc(F)cc3)CC2)CCO1. The van der Waals surface area contributed by atoms with Gasteiger partial charge in [0.25, 0.3) is 0 Å². The van der Waals surface area contributed by atoms with E-state index in [1.807, 2.05) is 12.1 Å². The number of ether oxygens (including phenoxy) is 1. The number of rotatable bonds is 3. The molecule has 1 amide bonds. The minimum absolute atomic E-state index is 0.102. The first-order valence-electron chi connectivity index (χ1n) is 9.51. The zero-order chi connectivity index (χ0) is 17.4. The summed E-state index contributed by atoms with van der Waals surface area (Å²) in [4.78, 5) is 17.4. The lowest BCUT2D eigenvalue weighted by atomic mass is 10.0. The Morgan fingerprint density at radius 2 is 1.88 bits per heavy atom. The third-order valence-electron chi connectivity index (χ3n) is 5.97. The third-order valence-corrected chi connectivity index (χ3v) is 5.97. The lowest BCUT2D eigenvalue weighted by molar-refractivity contribution is -0.134. The number of hydrogen-bond acceptors (Lipinski definition) is 3. The molecule has 2 saturated heterocycles. The van der Waals surface area contributed by atoms with E-state index < -0.39 is 0 Å². The molecule has 1 aliphatic carbocycles. The van der Waals surface area contributed by atoms with Gasteiger partial charge in [-0.1, -0.05) is 12.1 Å². The molecule has 1 aromatic rings. The highest BCUT2D eigenvalue weighted by Gasteiger charge is 2.46. The number of amides is 1. The van der Waals surface area contributed by atoms with Crippen LogP contribution in [0.15, 0.2) is 24.3 Å². The van der Waals surface area contributed by atoms with Gasteiger partial charge in [-0.2, -0.15) is 0 Å². The fraction of sp³-hybridized carbons (Fsp3) is 0.650. The van der Waals surface area contributed by atoms with Crippen LogP contribution in [-0.4, -0.2) is 60.6 Å². The molecule has 5 heteroatoms. The predicted molar refractivity (Wildman–Crippen MR) is 93.8 cm³/mol. The minimum atomic E-state index is -0.216. The Kier molecular flexibility index (Phi) is 4.78. The van der Waals surface area contributed by atoms with Crippen LogP contribution in [0.3, 0.4) is 0 Å². The lowest BCUT2D eigenvalue weighted by Gasteiger charge is -2.41. The number of nitrogens with zero attached hydrogens (tertiary/aromatic N) is 2. The first-order chi connectivity index (χ1) is 12.1. The van der Waals surface area contributed by atoms with Gasteiger partial charge < -0.3 is 9.64 Å². The molecular weight excluding hydrogens is 319 g/mol. The third kappa shape index (κ3) is 3.72. The molecule has 4 rings (SSSR count). The average molecular weight is 346 g/mol. The summed E-state index contributed by atoms with van der Waals surface area (Å²) in [5, 5.41) is 0. The fourth-order valence-corrected chi connectivity index (χ4v) is 4.41. The highest BCUT2D eigenvalue weighted by Crippen LogP contribution is 2.48. The van der Waals surface area contributed by atoms with Gasteiger partial charge in [0.05, 0.1) is 12.7 Å². The fourth-order valence-electron chi connectivity index (χ4n) is 4.41. The predicted octanol–water partition coefficient (Wildman–Crippen LogP) is 2.64. The van der Waals surface area contributed by atoms with Gasteiger partial charge in [0.15, 0.2) is 0 Å². The molecule has 0 radical (unpaired) electrons. The van der Waals surface area contributed by atoms with E-state index in [9.17, 15) is 9.18 Å². The van der Waals surface area contributed by atoms with Crippen LogP contribution in [0, 0.1) is 11.7 Å². The van der Waals surface area contributed by atoms with Gasteiger partial charge in [0, 0.05) is 38.1 Å². The summed E-state index contributed by atoms with van der Waals surface area (Å²) in [5.41, 5.74) is 1.09. The van der Waals surface area contributed by atoms with E-state index in [2.05, 4.69) is 16.7 Å². The van der Waals surface area contributed by atoms with E-state index in [1.54, 1.807) is 0 Å². The smallest absolute Gasteiger partial charge is 0.226 e. The van der Waals surface area contributed by atoms with Crippen LogP contribution in [0.5, 0.6) is 0 Å². The van der Waals surface area contributed by atoms with Crippen molar-refractivity contribution in [2.45, 2.75) is 44.2 Å². The molecule has 3 fully saturated rings. The second-order valence-electron chi connectivity index (χ2n) is 7.73.